The molecule has 9 nitrogen and oxygen atoms in total. The Labute approximate surface area is 168 Å². The van der Waals surface area contributed by atoms with Gasteiger partial charge in [0.15, 0.2) is 22.1 Å². The number of carbonyl (C=O) groups excluding carboxylic acids is 2. The number of amides is 2. The lowest BCUT2D eigenvalue weighted by Crippen LogP contribution is -2.25. The maximum absolute atomic E-state index is 12.8. The van der Waals surface area contributed by atoms with Gasteiger partial charge < -0.3 is 15.4 Å². The molecule has 2 aliphatic heterocycles. The molecular formula is C19H22N4O5S. The highest BCUT2D eigenvalue weighted by atomic mass is 32.2. The van der Waals surface area contributed by atoms with Crippen molar-refractivity contribution in [1.82, 2.24) is 9.78 Å². The lowest BCUT2D eigenvalue weighted by molar-refractivity contribution is -0.118. The molecule has 4 rings (SSSR count). The van der Waals surface area contributed by atoms with E-state index in [1.54, 1.807) is 28.9 Å². The summed E-state index contributed by atoms with van der Waals surface area (Å²) in [6.07, 6.45) is 0.495. The fourth-order valence-corrected chi connectivity index (χ4v) is 5.26. The van der Waals surface area contributed by atoms with Gasteiger partial charge in [0.1, 0.15) is 5.75 Å². The average Bonchev–Trinajstić information content (AvgIpc) is 3.25. The van der Waals surface area contributed by atoms with Gasteiger partial charge in [-0.15, -0.1) is 0 Å². The third-order valence-corrected chi connectivity index (χ3v) is 6.76. The number of hydrogen-bond donors (Lipinski definition) is 2. The summed E-state index contributed by atoms with van der Waals surface area (Å²) in [6, 6.07) is 6.42. The summed E-state index contributed by atoms with van der Waals surface area (Å²) in [5, 5.41) is 9.88. The van der Waals surface area contributed by atoms with Crippen LogP contribution in [0.4, 0.5) is 11.4 Å². The Kier molecular flexibility index (Phi) is 4.81. The van der Waals surface area contributed by atoms with E-state index < -0.39 is 15.7 Å². The standard InChI is InChI=1S/C19H22N4O5S/c1-11(2)16-8-15(22-23(16)13-5-6-29(26,27)10-13)19(25)20-12-3-4-17-14(7-12)21-18(24)9-28-17/h3-4,7-8,11,13H,5-6,9-10H2,1-2H3,(H,20,25)(H,21,24)/t13-/m1/s1. The zero-order valence-electron chi connectivity index (χ0n) is 16.1. The van der Waals surface area contributed by atoms with Crippen molar-refractivity contribution in [2.45, 2.75) is 32.2 Å². The zero-order chi connectivity index (χ0) is 20.8. The van der Waals surface area contributed by atoms with Crippen LogP contribution in [0.25, 0.3) is 0 Å². The Morgan fingerprint density at radius 2 is 2.14 bits per heavy atom. The number of nitrogens with zero attached hydrogens (tertiary/aromatic N) is 2. The molecule has 154 valence electrons. The third kappa shape index (κ3) is 3.98. The fourth-order valence-electron chi connectivity index (χ4n) is 3.57. The smallest absolute Gasteiger partial charge is 0.276 e. The molecule has 2 amide bonds. The maximum atomic E-state index is 12.8. The first kappa shape index (κ1) is 19.4. The quantitative estimate of drug-likeness (QED) is 0.783. The van der Waals surface area contributed by atoms with Gasteiger partial charge in [-0.05, 0) is 36.6 Å². The first-order chi connectivity index (χ1) is 13.7. The first-order valence-electron chi connectivity index (χ1n) is 9.40. The number of ether oxygens (including phenoxy) is 1. The van der Waals surface area contributed by atoms with E-state index in [9.17, 15) is 18.0 Å². The number of anilines is 2. The van der Waals surface area contributed by atoms with E-state index in [-0.39, 0.29) is 41.7 Å². The summed E-state index contributed by atoms with van der Waals surface area (Å²) in [4.78, 5) is 24.2. The minimum absolute atomic E-state index is 0.0367. The molecule has 2 aliphatic rings. The van der Waals surface area contributed by atoms with Gasteiger partial charge in [-0.2, -0.15) is 5.10 Å². The average molecular weight is 418 g/mol. The van der Waals surface area contributed by atoms with Crippen molar-refractivity contribution >= 4 is 33.0 Å². The number of rotatable bonds is 4. The van der Waals surface area contributed by atoms with Crippen molar-refractivity contribution in [1.29, 1.82) is 0 Å². The van der Waals surface area contributed by atoms with Crippen LogP contribution in [0.2, 0.25) is 0 Å². The Balaban J connectivity index is 1.57. The van der Waals surface area contributed by atoms with Crippen molar-refractivity contribution < 1.29 is 22.7 Å². The van der Waals surface area contributed by atoms with Gasteiger partial charge in [0.05, 0.1) is 23.2 Å². The van der Waals surface area contributed by atoms with E-state index in [0.29, 0.717) is 23.5 Å². The summed E-state index contributed by atoms with van der Waals surface area (Å²) in [7, 11) is -3.07. The van der Waals surface area contributed by atoms with Crippen LogP contribution in [0.5, 0.6) is 5.75 Å². The maximum Gasteiger partial charge on any atom is 0.276 e. The summed E-state index contributed by atoms with van der Waals surface area (Å²) in [5.41, 5.74) is 2.02. The number of nitrogens with one attached hydrogen (secondary N) is 2. The highest BCUT2D eigenvalue weighted by Gasteiger charge is 2.32. The molecule has 0 radical (unpaired) electrons. The number of carbonyl (C=O) groups is 2. The molecule has 1 fully saturated rings. The molecule has 1 aromatic carbocycles. The van der Waals surface area contributed by atoms with Crippen molar-refractivity contribution in [3.8, 4) is 5.75 Å². The molecule has 29 heavy (non-hydrogen) atoms. The minimum atomic E-state index is -3.07. The predicted molar refractivity (Wildman–Crippen MR) is 107 cm³/mol. The highest BCUT2D eigenvalue weighted by Crippen LogP contribution is 2.31. The van der Waals surface area contributed by atoms with Crippen LogP contribution in [-0.4, -0.2) is 48.1 Å². The summed E-state index contributed by atoms with van der Waals surface area (Å²) >= 11 is 0. The highest BCUT2D eigenvalue weighted by molar-refractivity contribution is 7.91. The van der Waals surface area contributed by atoms with Gasteiger partial charge in [0, 0.05) is 11.4 Å². The molecule has 1 saturated heterocycles. The summed E-state index contributed by atoms with van der Waals surface area (Å²) in [6.45, 7) is 3.92. The van der Waals surface area contributed by atoms with Crippen molar-refractivity contribution in [3.05, 3.63) is 35.7 Å². The fraction of sp³-hybridized carbons (Fsp3) is 0.421. The topological polar surface area (TPSA) is 119 Å². The molecule has 2 aromatic rings. The molecule has 10 heteroatoms. The van der Waals surface area contributed by atoms with E-state index >= 15 is 0 Å². The van der Waals surface area contributed by atoms with E-state index in [2.05, 4.69) is 15.7 Å². The second-order valence-electron chi connectivity index (χ2n) is 7.61. The molecule has 2 N–H and O–H groups in total. The molecule has 3 heterocycles. The second-order valence-corrected chi connectivity index (χ2v) is 9.84. The summed E-state index contributed by atoms with van der Waals surface area (Å²) < 4.78 is 30.7. The molecule has 0 bridgehead atoms. The molecule has 0 unspecified atom stereocenters. The van der Waals surface area contributed by atoms with Crippen LogP contribution in [-0.2, 0) is 14.6 Å². The van der Waals surface area contributed by atoms with Crippen LogP contribution < -0.4 is 15.4 Å². The first-order valence-corrected chi connectivity index (χ1v) is 11.2. The van der Waals surface area contributed by atoms with Gasteiger partial charge >= 0.3 is 0 Å². The van der Waals surface area contributed by atoms with E-state index in [1.807, 2.05) is 13.8 Å². The number of fused-ring (bicyclic) bond motifs is 1. The molecule has 1 atom stereocenters. The summed E-state index contributed by atoms with van der Waals surface area (Å²) in [5.74, 6) is 0.140. The minimum Gasteiger partial charge on any atom is -0.482 e. The van der Waals surface area contributed by atoms with Gasteiger partial charge in [-0.3, -0.25) is 14.3 Å². The molecule has 1 aromatic heterocycles. The van der Waals surface area contributed by atoms with Gasteiger partial charge in [-0.25, -0.2) is 8.42 Å². The number of aromatic nitrogens is 2. The Bertz CT molecular complexity index is 1090. The molecular weight excluding hydrogens is 396 g/mol. The lowest BCUT2D eigenvalue weighted by atomic mass is 10.1. The van der Waals surface area contributed by atoms with E-state index in [0.717, 1.165) is 5.69 Å². The van der Waals surface area contributed by atoms with Crippen LogP contribution >= 0.6 is 0 Å². The molecule has 0 saturated carbocycles. The second kappa shape index (κ2) is 7.18. The van der Waals surface area contributed by atoms with Crippen LogP contribution in [0, 0.1) is 0 Å². The Morgan fingerprint density at radius 1 is 1.34 bits per heavy atom. The number of hydrogen-bond acceptors (Lipinski definition) is 6. The van der Waals surface area contributed by atoms with Gasteiger partial charge in [0.2, 0.25) is 0 Å². The monoisotopic (exact) mass is 418 g/mol. The van der Waals surface area contributed by atoms with Crippen LogP contribution in [0.15, 0.2) is 24.3 Å². The van der Waals surface area contributed by atoms with Gasteiger partial charge in [-0.1, -0.05) is 13.8 Å². The lowest BCUT2D eigenvalue weighted by Gasteiger charge is -2.18. The molecule has 0 spiro atoms. The SMILES string of the molecule is CC(C)c1cc(C(=O)Nc2ccc3c(c2)NC(=O)CO3)nn1[C@@H]1CCS(=O)(=O)C1. The van der Waals surface area contributed by atoms with Crippen LogP contribution in [0.3, 0.4) is 0 Å². The van der Waals surface area contributed by atoms with Crippen LogP contribution in [0.1, 0.15) is 48.4 Å². The van der Waals surface area contributed by atoms with E-state index in [4.69, 9.17) is 4.74 Å². The Morgan fingerprint density at radius 3 is 2.83 bits per heavy atom. The van der Waals surface area contributed by atoms with Gasteiger partial charge in [0.25, 0.3) is 11.8 Å². The number of sulfone groups is 1. The van der Waals surface area contributed by atoms with Crippen molar-refractivity contribution in [2.75, 3.05) is 28.7 Å². The largest absolute Gasteiger partial charge is 0.482 e. The van der Waals surface area contributed by atoms with E-state index in [1.165, 1.54) is 0 Å². The van der Waals surface area contributed by atoms with Crippen molar-refractivity contribution in [3.63, 3.8) is 0 Å². The normalized spacial score (nSPS) is 20.1. The van der Waals surface area contributed by atoms with Crippen molar-refractivity contribution in [2.24, 2.45) is 0 Å². The molecule has 0 aliphatic carbocycles. The predicted octanol–water partition coefficient (Wildman–Crippen LogP) is 1.95. The zero-order valence-corrected chi connectivity index (χ0v) is 17.0. The Hall–Kier alpha value is -2.88. The number of benzene rings is 1. The third-order valence-electron chi connectivity index (χ3n) is 5.01.